The molecule has 2 aromatic carbocycles. The van der Waals surface area contributed by atoms with Crippen LogP contribution < -0.4 is 4.74 Å². The van der Waals surface area contributed by atoms with E-state index in [1.165, 1.54) is 12.1 Å². The number of ether oxygens (including phenoxy) is 1. The Labute approximate surface area is 106 Å². The zero-order chi connectivity index (χ0) is 12.3. The van der Waals surface area contributed by atoms with Crippen molar-refractivity contribution >= 4 is 22.2 Å². The van der Waals surface area contributed by atoms with Crippen LogP contribution in [0.5, 0.6) is 11.5 Å². The molecule has 0 heterocycles. The van der Waals surface area contributed by atoms with E-state index in [-0.39, 0.29) is 0 Å². The van der Waals surface area contributed by atoms with Gasteiger partial charge in [-0.3, -0.25) is 4.79 Å². The van der Waals surface area contributed by atoms with Gasteiger partial charge in [-0.1, -0.05) is 12.1 Å². The first-order valence-electron chi connectivity index (χ1n) is 4.88. The van der Waals surface area contributed by atoms with Crippen molar-refractivity contribution in [1.82, 2.24) is 0 Å². The van der Waals surface area contributed by atoms with E-state index in [0.29, 0.717) is 27.8 Å². The monoisotopic (exact) mass is 294 g/mol. The van der Waals surface area contributed by atoms with Crippen LogP contribution in [0.2, 0.25) is 0 Å². The van der Waals surface area contributed by atoms with Gasteiger partial charge in [0.2, 0.25) is 0 Å². The highest BCUT2D eigenvalue weighted by atomic mass is 79.9. The normalized spacial score (nSPS) is 10.0. The van der Waals surface area contributed by atoms with Crippen molar-refractivity contribution in [3.8, 4) is 11.5 Å². The van der Waals surface area contributed by atoms with Crippen molar-refractivity contribution in [3.63, 3.8) is 0 Å². The first kappa shape index (κ1) is 11.8. The lowest BCUT2D eigenvalue weighted by atomic mass is 10.2. The van der Waals surface area contributed by atoms with E-state index in [2.05, 4.69) is 15.9 Å². The molecule has 0 saturated heterocycles. The van der Waals surface area contributed by atoms with E-state index >= 15 is 0 Å². The van der Waals surface area contributed by atoms with Crippen molar-refractivity contribution in [2.75, 3.05) is 0 Å². The van der Waals surface area contributed by atoms with Crippen LogP contribution in [0.4, 0.5) is 4.39 Å². The van der Waals surface area contributed by atoms with E-state index < -0.39 is 5.82 Å². The van der Waals surface area contributed by atoms with Crippen LogP contribution in [0.15, 0.2) is 46.9 Å². The maximum absolute atomic E-state index is 13.1. The molecule has 0 aliphatic carbocycles. The molecule has 2 aromatic rings. The summed E-state index contributed by atoms with van der Waals surface area (Å²) in [6, 6.07) is 10.9. The van der Waals surface area contributed by atoms with Gasteiger partial charge in [-0.05, 0) is 40.2 Å². The third-order valence-electron chi connectivity index (χ3n) is 2.16. The number of halogens is 2. The number of rotatable bonds is 3. The van der Waals surface area contributed by atoms with Crippen molar-refractivity contribution in [3.05, 3.63) is 58.3 Å². The van der Waals surface area contributed by atoms with Gasteiger partial charge in [0.1, 0.15) is 17.3 Å². The van der Waals surface area contributed by atoms with E-state index in [0.717, 1.165) is 0 Å². The number of para-hydroxylation sites is 1. The highest BCUT2D eigenvalue weighted by Gasteiger charge is 2.07. The van der Waals surface area contributed by atoms with Crippen LogP contribution in [-0.4, -0.2) is 6.29 Å². The molecule has 0 aliphatic heterocycles. The Morgan fingerprint density at radius 3 is 2.65 bits per heavy atom. The van der Waals surface area contributed by atoms with Crippen LogP contribution >= 0.6 is 15.9 Å². The Morgan fingerprint density at radius 2 is 1.88 bits per heavy atom. The molecular weight excluding hydrogens is 287 g/mol. The number of hydrogen-bond acceptors (Lipinski definition) is 2. The second kappa shape index (κ2) is 5.10. The van der Waals surface area contributed by atoms with Crippen LogP contribution in [0, 0.1) is 5.82 Å². The molecule has 0 N–H and O–H groups in total. The highest BCUT2D eigenvalue weighted by molar-refractivity contribution is 9.10. The molecule has 2 rings (SSSR count). The van der Waals surface area contributed by atoms with Crippen molar-refractivity contribution in [2.24, 2.45) is 0 Å². The largest absolute Gasteiger partial charge is 0.455 e. The van der Waals surface area contributed by atoms with Gasteiger partial charge in [-0.15, -0.1) is 0 Å². The first-order chi connectivity index (χ1) is 8.20. The summed E-state index contributed by atoms with van der Waals surface area (Å²) in [4.78, 5) is 10.8. The molecular formula is C13H8BrFO2. The Bertz CT molecular complexity index is 555. The second-order valence-corrected chi connectivity index (χ2v) is 4.19. The minimum Gasteiger partial charge on any atom is -0.455 e. The van der Waals surface area contributed by atoms with E-state index in [1.54, 1.807) is 30.3 Å². The Kier molecular flexibility index (Phi) is 3.54. The fourth-order valence-electron chi connectivity index (χ4n) is 1.34. The van der Waals surface area contributed by atoms with Crippen molar-refractivity contribution < 1.29 is 13.9 Å². The Balaban J connectivity index is 2.37. The molecule has 0 unspecified atom stereocenters. The molecule has 0 amide bonds. The number of hydrogen-bond donors (Lipinski definition) is 0. The molecule has 17 heavy (non-hydrogen) atoms. The maximum atomic E-state index is 13.1. The third kappa shape index (κ3) is 2.71. The summed E-state index contributed by atoms with van der Waals surface area (Å²) in [6.45, 7) is 0. The summed E-state index contributed by atoms with van der Waals surface area (Å²) in [5.41, 5.74) is 0.420. The molecule has 0 bridgehead atoms. The molecule has 0 radical (unpaired) electrons. The van der Waals surface area contributed by atoms with E-state index in [1.807, 2.05) is 0 Å². The second-order valence-electron chi connectivity index (χ2n) is 3.33. The summed E-state index contributed by atoms with van der Waals surface area (Å²) in [5, 5.41) is 0. The van der Waals surface area contributed by atoms with Crippen molar-refractivity contribution in [2.45, 2.75) is 0 Å². The lowest BCUT2D eigenvalue weighted by Crippen LogP contribution is -1.91. The summed E-state index contributed by atoms with van der Waals surface area (Å²) < 4.78 is 19.2. The van der Waals surface area contributed by atoms with E-state index in [4.69, 9.17) is 4.74 Å². The first-order valence-corrected chi connectivity index (χ1v) is 5.67. The van der Waals surface area contributed by atoms with Gasteiger partial charge in [-0.2, -0.15) is 0 Å². The summed E-state index contributed by atoms with van der Waals surface area (Å²) in [6.07, 6.45) is 0.697. The lowest BCUT2D eigenvalue weighted by molar-refractivity contribution is 0.112. The fraction of sp³-hybridized carbons (Fsp3) is 0. The molecule has 0 fully saturated rings. The maximum Gasteiger partial charge on any atom is 0.153 e. The average molecular weight is 295 g/mol. The predicted molar refractivity (Wildman–Crippen MR) is 66.0 cm³/mol. The number of aldehydes is 1. The van der Waals surface area contributed by atoms with Gasteiger partial charge >= 0.3 is 0 Å². The third-order valence-corrected chi connectivity index (χ3v) is 2.81. The minimum atomic E-state index is -0.396. The number of carbonyl (C=O) groups excluding carboxylic acids is 1. The number of benzene rings is 2. The summed E-state index contributed by atoms with van der Waals surface area (Å²) >= 11 is 3.25. The average Bonchev–Trinajstić information content (AvgIpc) is 2.34. The molecule has 0 saturated carbocycles. The van der Waals surface area contributed by atoms with Gasteiger partial charge in [0.25, 0.3) is 0 Å². The van der Waals surface area contributed by atoms with Crippen LogP contribution in [0.3, 0.4) is 0 Å². The minimum absolute atomic E-state index is 0.333. The zero-order valence-electron chi connectivity index (χ0n) is 8.69. The highest BCUT2D eigenvalue weighted by Crippen LogP contribution is 2.31. The molecule has 0 spiro atoms. The smallest absolute Gasteiger partial charge is 0.153 e. The predicted octanol–water partition coefficient (Wildman–Crippen LogP) is 4.19. The number of carbonyl (C=O) groups is 1. The molecule has 2 nitrogen and oxygen atoms in total. The van der Waals surface area contributed by atoms with Gasteiger partial charge in [0, 0.05) is 6.07 Å². The fourth-order valence-corrected chi connectivity index (χ4v) is 1.67. The standard InChI is InChI=1S/C13H8BrFO2/c14-11-6-5-10(15)7-13(11)17-12-4-2-1-3-9(12)8-16/h1-8H. The van der Waals surface area contributed by atoms with Gasteiger partial charge in [-0.25, -0.2) is 4.39 Å². The van der Waals surface area contributed by atoms with E-state index in [9.17, 15) is 9.18 Å². The lowest BCUT2D eigenvalue weighted by Gasteiger charge is -2.09. The Hall–Kier alpha value is -1.68. The van der Waals surface area contributed by atoms with Crippen LogP contribution in [0.25, 0.3) is 0 Å². The molecule has 0 aliphatic rings. The topological polar surface area (TPSA) is 26.3 Å². The molecule has 4 heteroatoms. The summed E-state index contributed by atoms with van der Waals surface area (Å²) in [7, 11) is 0. The van der Waals surface area contributed by atoms with Gasteiger partial charge in [0.05, 0.1) is 10.0 Å². The molecule has 0 aromatic heterocycles. The van der Waals surface area contributed by atoms with Gasteiger partial charge < -0.3 is 4.74 Å². The van der Waals surface area contributed by atoms with Crippen molar-refractivity contribution in [1.29, 1.82) is 0 Å². The van der Waals surface area contributed by atoms with Crippen LogP contribution in [-0.2, 0) is 0 Å². The SMILES string of the molecule is O=Cc1ccccc1Oc1cc(F)ccc1Br. The zero-order valence-corrected chi connectivity index (χ0v) is 10.3. The molecule has 0 atom stereocenters. The molecule has 86 valence electrons. The summed E-state index contributed by atoms with van der Waals surface area (Å²) in [5.74, 6) is 0.333. The van der Waals surface area contributed by atoms with Gasteiger partial charge in [0.15, 0.2) is 6.29 Å². The van der Waals surface area contributed by atoms with Crippen LogP contribution in [0.1, 0.15) is 10.4 Å². The quantitative estimate of drug-likeness (QED) is 0.793. The Morgan fingerprint density at radius 1 is 1.12 bits per heavy atom.